The molecule has 2 fully saturated rings. The van der Waals surface area contributed by atoms with Crippen molar-refractivity contribution in [3.8, 4) is 0 Å². The highest BCUT2D eigenvalue weighted by atomic mass is 32.1. The van der Waals surface area contributed by atoms with E-state index in [1.54, 1.807) is 13.1 Å². The minimum Gasteiger partial charge on any atom is -0.323 e. The SMILES string of the molecule is Cc1ccc(Cc2cnc(NC(=O)CN3C(=O)N[C@@](C)(C4CC4)C3=O)s2)cc1. The smallest absolute Gasteiger partial charge is 0.323 e. The zero-order valence-corrected chi connectivity index (χ0v) is 16.6. The van der Waals surface area contributed by atoms with Crippen LogP contribution in [0.3, 0.4) is 0 Å². The fraction of sp³-hybridized carbons (Fsp3) is 0.400. The lowest BCUT2D eigenvalue weighted by atomic mass is 9.96. The van der Waals surface area contributed by atoms with E-state index in [0.29, 0.717) is 5.13 Å². The summed E-state index contributed by atoms with van der Waals surface area (Å²) in [4.78, 5) is 43.3. The van der Waals surface area contributed by atoms with Gasteiger partial charge in [0.1, 0.15) is 12.1 Å². The van der Waals surface area contributed by atoms with Crippen molar-refractivity contribution >= 4 is 34.3 Å². The van der Waals surface area contributed by atoms with Crippen LogP contribution in [0.1, 0.15) is 35.8 Å². The number of aromatic nitrogens is 1. The number of amides is 4. The van der Waals surface area contributed by atoms with Crippen molar-refractivity contribution in [2.45, 2.75) is 38.6 Å². The van der Waals surface area contributed by atoms with Gasteiger partial charge in [0.25, 0.3) is 5.91 Å². The molecular weight excluding hydrogens is 376 g/mol. The molecule has 7 nitrogen and oxygen atoms in total. The second-order valence-electron chi connectivity index (χ2n) is 7.64. The first-order valence-electron chi connectivity index (χ1n) is 9.29. The lowest BCUT2D eigenvalue weighted by Crippen LogP contribution is -2.46. The number of hydrogen-bond donors (Lipinski definition) is 2. The van der Waals surface area contributed by atoms with Crippen LogP contribution in [0.4, 0.5) is 9.93 Å². The minimum atomic E-state index is -0.875. The molecule has 146 valence electrons. The number of benzene rings is 1. The number of aryl methyl sites for hydroxylation is 1. The molecule has 2 heterocycles. The van der Waals surface area contributed by atoms with Crippen LogP contribution in [-0.4, -0.2) is 39.8 Å². The average molecular weight is 398 g/mol. The molecule has 2 N–H and O–H groups in total. The summed E-state index contributed by atoms with van der Waals surface area (Å²) < 4.78 is 0. The third-order valence-electron chi connectivity index (χ3n) is 5.30. The van der Waals surface area contributed by atoms with Crippen molar-refractivity contribution in [2.75, 3.05) is 11.9 Å². The van der Waals surface area contributed by atoms with Gasteiger partial charge in [0.2, 0.25) is 5.91 Å². The van der Waals surface area contributed by atoms with Crippen LogP contribution in [0.2, 0.25) is 0 Å². The number of nitrogens with zero attached hydrogens (tertiary/aromatic N) is 2. The van der Waals surface area contributed by atoms with Gasteiger partial charge >= 0.3 is 6.03 Å². The van der Waals surface area contributed by atoms with Gasteiger partial charge in [0, 0.05) is 17.5 Å². The highest BCUT2D eigenvalue weighted by Crippen LogP contribution is 2.42. The molecule has 1 aromatic heterocycles. The van der Waals surface area contributed by atoms with Crippen molar-refractivity contribution in [3.63, 3.8) is 0 Å². The molecule has 1 aliphatic heterocycles. The molecule has 1 aromatic carbocycles. The van der Waals surface area contributed by atoms with Gasteiger partial charge in [-0.2, -0.15) is 0 Å². The van der Waals surface area contributed by atoms with E-state index in [4.69, 9.17) is 0 Å². The minimum absolute atomic E-state index is 0.167. The standard InChI is InChI=1S/C20H22N4O3S/c1-12-3-5-13(6-4-12)9-15-10-21-18(28-15)22-16(25)11-24-17(26)20(2,14-7-8-14)23-19(24)27/h3-6,10,14H,7-9,11H2,1-2H3,(H,23,27)(H,21,22,25)/t20-/m0/s1. The molecule has 0 spiro atoms. The predicted octanol–water partition coefficient (Wildman–Crippen LogP) is 2.70. The number of carbonyl (C=O) groups is 3. The number of rotatable bonds is 6. The summed E-state index contributed by atoms with van der Waals surface area (Å²) in [5.74, 6) is -0.588. The number of nitrogens with one attached hydrogen (secondary N) is 2. The van der Waals surface area contributed by atoms with Gasteiger partial charge in [-0.15, -0.1) is 11.3 Å². The molecule has 28 heavy (non-hydrogen) atoms. The van der Waals surface area contributed by atoms with Crippen LogP contribution in [0.15, 0.2) is 30.5 Å². The van der Waals surface area contributed by atoms with Gasteiger partial charge in [0.15, 0.2) is 5.13 Å². The average Bonchev–Trinajstić information content (AvgIpc) is 3.39. The second kappa shape index (κ2) is 7.01. The van der Waals surface area contributed by atoms with Gasteiger partial charge in [-0.1, -0.05) is 29.8 Å². The molecule has 1 saturated heterocycles. The van der Waals surface area contributed by atoms with Crippen LogP contribution in [0, 0.1) is 12.8 Å². The van der Waals surface area contributed by atoms with E-state index >= 15 is 0 Å². The van der Waals surface area contributed by atoms with Crippen molar-refractivity contribution in [1.29, 1.82) is 0 Å². The lowest BCUT2D eigenvalue weighted by molar-refractivity contribution is -0.134. The summed E-state index contributed by atoms with van der Waals surface area (Å²) in [7, 11) is 0. The summed E-state index contributed by atoms with van der Waals surface area (Å²) in [6.07, 6.45) is 4.31. The molecule has 4 amide bonds. The van der Waals surface area contributed by atoms with Crippen LogP contribution >= 0.6 is 11.3 Å². The quantitative estimate of drug-likeness (QED) is 0.732. The number of imide groups is 1. The highest BCUT2D eigenvalue weighted by Gasteiger charge is 2.56. The second-order valence-corrected chi connectivity index (χ2v) is 8.76. The molecule has 2 aromatic rings. The zero-order valence-electron chi connectivity index (χ0n) is 15.8. The van der Waals surface area contributed by atoms with Gasteiger partial charge in [-0.25, -0.2) is 9.78 Å². The third kappa shape index (κ3) is 3.64. The fourth-order valence-electron chi connectivity index (χ4n) is 3.45. The number of anilines is 1. The highest BCUT2D eigenvalue weighted by molar-refractivity contribution is 7.15. The summed E-state index contributed by atoms with van der Waals surface area (Å²) >= 11 is 1.39. The van der Waals surface area contributed by atoms with Crippen molar-refractivity contribution < 1.29 is 14.4 Å². The Hall–Kier alpha value is -2.74. The Morgan fingerprint density at radius 3 is 2.71 bits per heavy atom. The van der Waals surface area contributed by atoms with E-state index in [9.17, 15) is 14.4 Å². The summed E-state index contributed by atoms with van der Waals surface area (Å²) in [6, 6.07) is 7.76. The van der Waals surface area contributed by atoms with E-state index in [-0.39, 0.29) is 18.4 Å². The number of hydrogen-bond acceptors (Lipinski definition) is 5. The van der Waals surface area contributed by atoms with E-state index < -0.39 is 17.5 Å². The van der Waals surface area contributed by atoms with Gasteiger partial charge < -0.3 is 10.6 Å². The van der Waals surface area contributed by atoms with E-state index in [1.807, 2.05) is 6.92 Å². The van der Waals surface area contributed by atoms with Gasteiger partial charge in [-0.05, 0) is 38.2 Å². The monoisotopic (exact) mass is 398 g/mol. The van der Waals surface area contributed by atoms with Crippen molar-refractivity contribution in [2.24, 2.45) is 5.92 Å². The van der Waals surface area contributed by atoms with Crippen LogP contribution < -0.4 is 10.6 Å². The topological polar surface area (TPSA) is 91.4 Å². The largest absolute Gasteiger partial charge is 0.325 e. The molecule has 1 saturated carbocycles. The molecule has 0 bridgehead atoms. The first-order valence-corrected chi connectivity index (χ1v) is 10.1. The summed E-state index contributed by atoms with van der Waals surface area (Å²) in [5.41, 5.74) is 1.50. The van der Waals surface area contributed by atoms with Crippen molar-refractivity contribution in [3.05, 3.63) is 46.5 Å². The molecule has 4 rings (SSSR count). The Balaban J connectivity index is 1.35. The Morgan fingerprint density at radius 1 is 1.32 bits per heavy atom. The normalized spacial score (nSPS) is 21.7. The Bertz CT molecular complexity index is 935. The van der Waals surface area contributed by atoms with E-state index in [1.165, 1.54) is 22.5 Å². The molecule has 0 radical (unpaired) electrons. The number of carbonyl (C=O) groups excluding carboxylic acids is 3. The Morgan fingerprint density at radius 2 is 2.04 bits per heavy atom. The maximum absolute atomic E-state index is 12.6. The molecule has 0 unspecified atom stereocenters. The van der Waals surface area contributed by atoms with Crippen LogP contribution in [0.25, 0.3) is 0 Å². The van der Waals surface area contributed by atoms with Crippen molar-refractivity contribution in [1.82, 2.24) is 15.2 Å². The van der Waals surface area contributed by atoms with E-state index in [0.717, 1.165) is 29.0 Å². The Kier molecular flexibility index (Phi) is 4.66. The number of urea groups is 1. The maximum Gasteiger partial charge on any atom is 0.325 e. The summed E-state index contributed by atoms with van der Waals surface area (Å²) in [5, 5.41) is 5.90. The van der Waals surface area contributed by atoms with Gasteiger partial charge in [-0.3, -0.25) is 14.5 Å². The molecule has 1 aliphatic carbocycles. The molecule has 1 atom stereocenters. The predicted molar refractivity (Wildman–Crippen MR) is 106 cm³/mol. The molecular formula is C20H22N4O3S. The lowest BCUT2D eigenvalue weighted by Gasteiger charge is -2.20. The molecule has 2 aliphatic rings. The first kappa shape index (κ1) is 18.6. The fourth-order valence-corrected chi connectivity index (χ4v) is 4.32. The Labute approximate surface area is 167 Å². The first-order chi connectivity index (χ1) is 13.3. The summed E-state index contributed by atoms with van der Waals surface area (Å²) in [6.45, 7) is 3.48. The van der Waals surface area contributed by atoms with Crippen LogP contribution in [0.5, 0.6) is 0 Å². The van der Waals surface area contributed by atoms with Crippen LogP contribution in [-0.2, 0) is 16.0 Å². The maximum atomic E-state index is 12.6. The third-order valence-corrected chi connectivity index (χ3v) is 6.21. The molecule has 8 heteroatoms. The zero-order chi connectivity index (χ0) is 19.9. The number of thiazole rings is 1. The van der Waals surface area contributed by atoms with Gasteiger partial charge in [0.05, 0.1) is 0 Å². The van der Waals surface area contributed by atoms with E-state index in [2.05, 4.69) is 39.9 Å².